The van der Waals surface area contributed by atoms with Crippen molar-refractivity contribution in [3.8, 4) is 0 Å². The molecule has 118 valence electrons. The number of rotatable bonds is 6. The Bertz CT molecular complexity index is 458. The van der Waals surface area contributed by atoms with E-state index in [0.29, 0.717) is 18.7 Å². The second kappa shape index (κ2) is 7.18. The third-order valence-corrected chi connectivity index (χ3v) is 4.19. The molecule has 1 aliphatic heterocycles. The summed E-state index contributed by atoms with van der Waals surface area (Å²) >= 11 is 0. The summed E-state index contributed by atoms with van der Waals surface area (Å²) in [6.45, 7) is 5.82. The molecular weight excluding hydrogens is 274 g/mol. The van der Waals surface area contributed by atoms with E-state index in [1.165, 1.54) is 12.1 Å². The van der Waals surface area contributed by atoms with Crippen LogP contribution in [0.3, 0.4) is 0 Å². The Kier molecular flexibility index (Phi) is 5.53. The average molecular weight is 298 g/mol. The molecule has 21 heavy (non-hydrogen) atoms. The molecule has 2 unspecified atom stereocenters. The highest BCUT2D eigenvalue weighted by molar-refractivity contribution is 5.52. The number of hydrogen-bond acceptors (Lipinski definition) is 3. The van der Waals surface area contributed by atoms with Gasteiger partial charge in [0.15, 0.2) is 0 Å². The van der Waals surface area contributed by atoms with E-state index in [2.05, 4.69) is 5.32 Å². The second-order valence-corrected chi connectivity index (χ2v) is 5.79. The lowest BCUT2D eigenvalue weighted by Gasteiger charge is -2.28. The summed E-state index contributed by atoms with van der Waals surface area (Å²) in [4.78, 5) is 1.67. The number of benzene rings is 1. The Balaban J connectivity index is 2.21. The highest BCUT2D eigenvalue weighted by Gasteiger charge is 2.33. The summed E-state index contributed by atoms with van der Waals surface area (Å²) in [5.74, 6) is -0.855. The zero-order valence-electron chi connectivity index (χ0n) is 12.7. The minimum Gasteiger partial charge on any atom is -0.394 e. The molecule has 0 radical (unpaired) electrons. The summed E-state index contributed by atoms with van der Waals surface area (Å²) in [5.41, 5.74) is 0.604. The number of anilines is 1. The van der Waals surface area contributed by atoms with Crippen LogP contribution in [0.15, 0.2) is 12.1 Å². The van der Waals surface area contributed by atoms with Gasteiger partial charge in [-0.1, -0.05) is 13.8 Å². The van der Waals surface area contributed by atoms with E-state index >= 15 is 0 Å². The van der Waals surface area contributed by atoms with E-state index in [1.54, 1.807) is 4.90 Å². The van der Waals surface area contributed by atoms with Crippen LogP contribution in [0.4, 0.5) is 14.5 Å². The van der Waals surface area contributed by atoms with Crippen LogP contribution in [0, 0.1) is 17.6 Å². The van der Waals surface area contributed by atoms with E-state index in [-0.39, 0.29) is 24.3 Å². The third-order valence-electron chi connectivity index (χ3n) is 4.19. The molecular formula is C16H24F2N2O. The predicted molar refractivity (Wildman–Crippen MR) is 80.4 cm³/mol. The van der Waals surface area contributed by atoms with Crippen molar-refractivity contribution in [1.82, 2.24) is 5.32 Å². The number of aliphatic hydroxyl groups excluding tert-OH is 1. The van der Waals surface area contributed by atoms with E-state index < -0.39 is 11.6 Å². The second-order valence-electron chi connectivity index (χ2n) is 5.79. The molecule has 0 bridgehead atoms. The molecule has 2 N–H and O–H groups in total. The van der Waals surface area contributed by atoms with E-state index in [1.807, 2.05) is 13.8 Å². The van der Waals surface area contributed by atoms with Gasteiger partial charge < -0.3 is 15.3 Å². The molecule has 1 aromatic carbocycles. The van der Waals surface area contributed by atoms with Crippen molar-refractivity contribution < 1.29 is 13.9 Å². The van der Waals surface area contributed by atoms with Gasteiger partial charge in [-0.15, -0.1) is 0 Å². The Morgan fingerprint density at radius 3 is 2.57 bits per heavy atom. The molecule has 2 rings (SSSR count). The van der Waals surface area contributed by atoms with Gasteiger partial charge in [-0.25, -0.2) is 8.78 Å². The van der Waals surface area contributed by atoms with Gasteiger partial charge in [-0.3, -0.25) is 0 Å². The van der Waals surface area contributed by atoms with Crippen LogP contribution >= 0.6 is 0 Å². The standard InChI is InChI=1S/C16H24F2N2O/c1-3-5-19-9-12-7-13(17)16(14(18)8-12)20-6-4-11(2)15(20)10-21/h7-8,11,15,19,21H,3-6,9-10H2,1-2H3. The van der Waals surface area contributed by atoms with Gasteiger partial charge in [0.2, 0.25) is 0 Å². The monoisotopic (exact) mass is 298 g/mol. The van der Waals surface area contributed by atoms with Crippen molar-refractivity contribution in [1.29, 1.82) is 0 Å². The minimum atomic E-state index is -0.546. The highest BCUT2D eigenvalue weighted by atomic mass is 19.1. The maximum Gasteiger partial charge on any atom is 0.149 e. The van der Waals surface area contributed by atoms with Gasteiger partial charge in [0.1, 0.15) is 17.3 Å². The summed E-state index contributed by atoms with van der Waals surface area (Å²) in [7, 11) is 0. The molecule has 5 heteroatoms. The Morgan fingerprint density at radius 2 is 2.00 bits per heavy atom. The van der Waals surface area contributed by atoms with Gasteiger partial charge in [-0.2, -0.15) is 0 Å². The smallest absolute Gasteiger partial charge is 0.149 e. The molecule has 0 spiro atoms. The fourth-order valence-corrected chi connectivity index (χ4v) is 2.97. The van der Waals surface area contributed by atoms with Crippen molar-refractivity contribution in [2.75, 3.05) is 24.6 Å². The summed E-state index contributed by atoms with van der Waals surface area (Å²) in [5, 5.41) is 12.6. The summed E-state index contributed by atoms with van der Waals surface area (Å²) < 4.78 is 28.6. The lowest BCUT2D eigenvalue weighted by atomic mass is 10.0. The first kappa shape index (κ1) is 16.2. The first-order valence-corrected chi connectivity index (χ1v) is 7.64. The molecule has 1 saturated heterocycles. The molecule has 2 atom stereocenters. The number of nitrogens with zero attached hydrogens (tertiary/aromatic N) is 1. The van der Waals surface area contributed by atoms with E-state index in [9.17, 15) is 13.9 Å². The Hall–Kier alpha value is -1.20. The lowest BCUT2D eigenvalue weighted by molar-refractivity contribution is 0.244. The van der Waals surface area contributed by atoms with Crippen LogP contribution < -0.4 is 10.2 Å². The van der Waals surface area contributed by atoms with Crippen molar-refractivity contribution in [3.05, 3.63) is 29.3 Å². The van der Waals surface area contributed by atoms with Gasteiger partial charge in [0, 0.05) is 13.1 Å². The minimum absolute atomic E-state index is 0.00218. The number of halogens is 2. The van der Waals surface area contributed by atoms with E-state index in [4.69, 9.17) is 0 Å². The van der Waals surface area contributed by atoms with Gasteiger partial charge in [0.25, 0.3) is 0 Å². The zero-order chi connectivity index (χ0) is 15.4. The molecule has 3 nitrogen and oxygen atoms in total. The summed E-state index contributed by atoms with van der Waals surface area (Å²) in [6.07, 6.45) is 1.82. The van der Waals surface area contributed by atoms with Crippen molar-refractivity contribution in [2.45, 2.75) is 39.3 Å². The predicted octanol–water partition coefficient (Wildman–Crippen LogP) is 2.67. The topological polar surface area (TPSA) is 35.5 Å². The van der Waals surface area contributed by atoms with Gasteiger partial charge >= 0.3 is 0 Å². The SMILES string of the molecule is CCCNCc1cc(F)c(N2CCC(C)C2CO)c(F)c1. The lowest BCUT2D eigenvalue weighted by Crippen LogP contribution is -2.36. The molecule has 0 aliphatic carbocycles. The largest absolute Gasteiger partial charge is 0.394 e. The number of aliphatic hydroxyl groups is 1. The number of nitrogens with one attached hydrogen (secondary N) is 1. The Labute approximate surface area is 125 Å². The van der Waals surface area contributed by atoms with Crippen LogP contribution in [0.1, 0.15) is 32.3 Å². The molecule has 1 aliphatic rings. The fourth-order valence-electron chi connectivity index (χ4n) is 2.97. The van der Waals surface area contributed by atoms with Crippen molar-refractivity contribution in [2.24, 2.45) is 5.92 Å². The third kappa shape index (κ3) is 3.52. The molecule has 0 aromatic heterocycles. The van der Waals surface area contributed by atoms with Gasteiger partial charge in [0.05, 0.1) is 12.6 Å². The zero-order valence-corrected chi connectivity index (χ0v) is 12.7. The average Bonchev–Trinajstić information content (AvgIpc) is 2.79. The van der Waals surface area contributed by atoms with Crippen LogP contribution in [0.2, 0.25) is 0 Å². The normalized spacial score (nSPS) is 22.0. The molecule has 1 aromatic rings. The fraction of sp³-hybridized carbons (Fsp3) is 0.625. The first-order chi connectivity index (χ1) is 10.1. The first-order valence-electron chi connectivity index (χ1n) is 7.64. The Morgan fingerprint density at radius 1 is 1.33 bits per heavy atom. The highest BCUT2D eigenvalue weighted by Crippen LogP contribution is 2.33. The molecule has 1 heterocycles. The van der Waals surface area contributed by atoms with Crippen molar-refractivity contribution >= 4 is 5.69 Å². The van der Waals surface area contributed by atoms with Crippen LogP contribution in [-0.4, -0.2) is 30.8 Å². The maximum atomic E-state index is 14.3. The van der Waals surface area contributed by atoms with Crippen LogP contribution in [-0.2, 0) is 6.54 Å². The summed E-state index contributed by atoms with van der Waals surface area (Å²) in [6, 6.07) is 2.56. The molecule has 1 fully saturated rings. The van der Waals surface area contributed by atoms with E-state index in [0.717, 1.165) is 19.4 Å². The van der Waals surface area contributed by atoms with Crippen LogP contribution in [0.25, 0.3) is 0 Å². The molecule has 0 amide bonds. The van der Waals surface area contributed by atoms with Crippen LogP contribution in [0.5, 0.6) is 0 Å². The quantitative estimate of drug-likeness (QED) is 0.793. The molecule has 0 saturated carbocycles. The number of hydrogen-bond donors (Lipinski definition) is 2. The maximum absolute atomic E-state index is 14.3. The van der Waals surface area contributed by atoms with Gasteiger partial charge in [-0.05, 0) is 43.0 Å². The van der Waals surface area contributed by atoms with Crippen molar-refractivity contribution in [3.63, 3.8) is 0 Å².